The van der Waals surface area contributed by atoms with Gasteiger partial charge in [0.15, 0.2) is 0 Å². The van der Waals surface area contributed by atoms with Gasteiger partial charge in [-0.2, -0.15) is 0 Å². The molecule has 0 atom stereocenters. The molecule has 2 heterocycles. The van der Waals surface area contributed by atoms with E-state index in [0.717, 1.165) is 16.7 Å². The van der Waals surface area contributed by atoms with Gasteiger partial charge in [-0.05, 0) is 38.0 Å². The molecule has 20 heavy (non-hydrogen) atoms. The smallest absolute Gasteiger partial charge is 0.260 e. The Morgan fingerprint density at radius 1 is 1.15 bits per heavy atom. The van der Waals surface area contributed by atoms with Crippen molar-refractivity contribution in [3.05, 3.63) is 51.4 Å². The minimum Gasteiger partial charge on any atom is -0.335 e. The summed E-state index contributed by atoms with van der Waals surface area (Å²) in [6.07, 6.45) is 1.85. The van der Waals surface area contributed by atoms with Gasteiger partial charge in [-0.25, -0.2) is 4.98 Å². The fourth-order valence-electron chi connectivity index (χ4n) is 2.82. The summed E-state index contributed by atoms with van der Waals surface area (Å²) in [5.41, 5.74) is 5.09. The van der Waals surface area contributed by atoms with Crippen molar-refractivity contribution in [3.63, 3.8) is 0 Å². The Labute approximate surface area is 117 Å². The number of H-pyrrole nitrogens is 1. The summed E-state index contributed by atoms with van der Waals surface area (Å²) >= 11 is 0. The second-order valence-electron chi connectivity index (χ2n) is 5.35. The maximum Gasteiger partial charge on any atom is 0.260 e. The summed E-state index contributed by atoms with van der Waals surface area (Å²) in [4.78, 5) is 19.7. The minimum absolute atomic E-state index is 0.0926. The Bertz CT molecular complexity index is 848. The molecule has 4 nitrogen and oxygen atoms in total. The Morgan fingerprint density at radius 3 is 2.45 bits per heavy atom. The number of rotatable bonds is 1. The van der Waals surface area contributed by atoms with Crippen LogP contribution in [-0.4, -0.2) is 14.5 Å². The predicted octanol–water partition coefficient (Wildman–Crippen LogP) is 2.85. The first kappa shape index (κ1) is 12.7. The third kappa shape index (κ3) is 1.84. The van der Waals surface area contributed by atoms with Gasteiger partial charge in [0.25, 0.3) is 5.56 Å². The lowest BCUT2D eigenvalue weighted by atomic mass is 9.99. The summed E-state index contributed by atoms with van der Waals surface area (Å²) in [7, 11) is 1.90. The highest BCUT2D eigenvalue weighted by molar-refractivity contribution is 5.78. The summed E-state index contributed by atoms with van der Waals surface area (Å²) in [5.74, 6) is 0.638. The van der Waals surface area contributed by atoms with Crippen molar-refractivity contribution in [2.24, 2.45) is 7.05 Å². The summed E-state index contributed by atoms with van der Waals surface area (Å²) in [6.45, 7) is 6.16. The molecule has 0 saturated heterocycles. The number of aromatic nitrogens is 3. The van der Waals surface area contributed by atoms with Crippen molar-refractivity contribution < 1.29 is 0 Å². The number of fused-ring (bicyclic) bond motifs is 1. The van der Waals surface area contributed by atoms with E-state index in [1.807, 2.05) is 31.7 Å². The fourth-order valence-corrected chi connectivity index (χ4v) is 2.82. The lowest BCUT2D eigenvalue weighted by Gasteiger charge is -2.10. The van der Waals surface area contributed by atoms with E-state index in [9.17, 15) is 4.79 Å². The lowest BCUT2D eigenvalue weighted by molar-refractivity contribution is 0.943. The quantitative estimate of drug-likeness (QED) is 0.737. The number of hydrogen-bond acceptors (Lipinski definition) is 2. The number of aryl methyl sites for hydroxylation is 4. The molecule has 4 heteroatoms. The zero-order valence-corrected chi connectivity index (χ0v) is 12.1. The van der Waals surface area contributed by atoms with Crippen LogP contribution in [0.5, 0.6) is 0 Å². The minimum atomic E-state index is -0.0926. The fraction of sp³-hybridized carbons (Fsp3) is 0.250. The molecule has 0 radical (unpaired) electrons. The molecule has 102 valence electrons. The van der Waals surface area contributed by atoms with Crippen LogP contribution in [-0.2, 0) is 7.05 Å². The summed E-state index contributed by atoms with van der Waals surface area (Å²) in [6, 6.07) is 6.01. The van der Waals surface area contributed by atoms with Gasteiger partial charge in [-0.3, -0.25) is 4.79 Å². The molecule has 0 bridgehead atoms. The molecule has 0 spiro atoms. The monoisotopic (exact) mass is 267 g/mol. The van der Waals surface area contributed by atoms with Crippen molar-refractivity contribution >= 4 is 11.0 Å². The van der Waals surface area contributed by atoms with E-state index < -0.39 is 0 Å². The van der Waals surface area contributed by atoms with Gasteiger partial charge >= 0.3 is 0 Å². The molecule has 0 unspecified atom stereocenters. The molecule has 0 aliphatic heterocycles. The molecule has 0 saturated carbocycles. The average molecular weight is 267 g/mol. The van der Waals surface area contributed by atoms with Crippen molar-refractivity contribution in [1.29, 1.82) is 0 Å². The molecule has 0 fully saturated rings. The standard InChI is InChI=1S/C16H17N3O/c1-9-7-10(2)13(11(3)8-9)14-17-15-12(16(20)18-14)5-6-19(15)4/h5-8H,1-4H3,(H,17,18,20). The number of benzene rings is 1. The van der Waals surface area contributed by atoms with Gasteiger partial charge in [-0.1, -0.05) is 17.7 Å². The Hall–Kier alpha value is -2.36. The SMILES string of the molecule is Cc1cc(C)c(-c2nc3c(ccn3C)c(=O)[nH]2)c(C)c1. The number of nitrogens with one attached hydrogen (secondary N) is 1. The highest BCUT2D eigenvalue weighted by Gasteiger charge is 2.12. The van der Waals surface area contributed by atoms with Crippen LogP contribution < -0.4 is 5.56 Å². The van der Waals surface area contributed by atoms with Gasteiger partial charge in [0.05, 0.1) is 5.39 Å². The Morgan fingerprint density at radius 2 is 1.80 bits per heavy atom. The highest BCUT2D eigenvalue weighted by atomic mass is 16.1. The first-order valence-electron chi connectivity index (χ1n) is 6.61. The average Bonchev–Trinajstić information content (AvgIpc) is 2.70. The van der Waals surface area contributed by atoms with Gasteiger partial charge in [0, 0.05) is 18.8 Å². The van der Waals surface area contributed by atoms with E-state index in [1.165, 1.54) is 5.56 Å². The lowest BCUT2D eigenvalue weighted by Crippen LogP contribution is -2.10. The molecule has 1 aromatic carbocycles. The van der Waals surface area contributed by atoms with E-state index in [-0.39, 0.29) is 5.56 Å². The molecule has 3 aromatic rings. The third-order valence-electron chi connectivity index (χ3n) is 3.65. The van der Waals surface area contributed by atoms with E-state index in [4.69, 9.17) is 0 Å². The van der Waals surface area contributed by atoms with E-state index in [2.05, 4.69) is 29.0 Å². The van der Waals surface area contributed by atoms with Crippen LogP contribution in [0.1, 0.15) is 16.7 Å². The highest BCUT2D eigenvalue weighted by Crippen LogP contribution is 2.25. The van der Waals surface area contributed by atoms with E-state index >= 15 is 0 Å². The molecule has 1 N–H and O–H groups in total. The normalized spacial score (nSPS) is 11.2. The molecule has 3 rings (SSSR count). The zero-order chi connectivity index (χ0) is 14.4. The molecule has 0 amide bonds. The van der Waals surface area contributed by atoms with Gasteiger partial charge in [-0.15, -0.1) is 0 Å². The first-order chi connectivity index (χ1) is 9.47. The van der Waals surface area contributed by atoms with E-state index in [0.29, 0.717) is 16.9 Å². The Kier molecular flexibility index (Phi) is 2.74. The van der Waals surface area contributed by atoms with Crippen LogP contribution in [0.25, 0.3) is 22.4 Å². The molecular weight excluding hydrogens is 250 g/mol. The van der Waals surface area contributed by atoms with Gasteiger partial charge in [0.1, 0.15) is 11.5 Å². The van der Waals surface area contributed by atoms with Crippen molar-refractivity contribution in [1.82, 2.24) is 14.5 Å². The number of nitrogens with zero attached hydrogens (tertiary/aromatic N) is 2. The van der Waals surface area contributed by atoms with Gasteiger partial charge in [0.2, 0.25) is 0 Å². The van der Waals surface area contributed by atoms with Crippen LogP contribution in [0.15, 0.2) is 29.2 Å². The van der Waals surface area contributed by atoms with Crippen molar-refractivity contribution in [2.45, 2.75) is 20.8 Å². The van der Waals surface area contributed by atoms with Crippen LogP contribution >= 0.6 is 0 Å². The predicted molar refractivity (Wildman–Crippen MR) is 81.0 cm³/mol. The maximum atomic E-state index is 12.2. The summed E-state index contributed by atoms with van der Waals surface area (Å²) < 4.78 is 1.87. The zero-order valence-electron chi connectivity index (χ0n) is 12.1. The first-order valence-corrected chi connectivity index (χ1v) is 6.61. The Balaban J connectivity index is 2.36. The van der Waals surface area contributed by atoms with Crippen LogP contribution in [0.3, 0.4) is 0 Å². The molecule has 0 aliphatic rings. The maximum absolute atomic E-state index is 12.2. The van der Waals surface area contributed by atoms with Crippen molar-refractivity contribution in [3.8, 4) is 11.4 Å². The largest absolute Gasteiger partial charge is 0.335 e. The van der Waals surface area contributed by atoms with Crippen molar-refractivity contribution in [2.75, 3.05) is 0 Å². The van der Waals surface area contributed by atoms with Gasteiger partial charge < -0.3 is 9.55 Å². The second-order valence-corrected chi connectivity index (χ2v) is 5.35. The molecule has 2 aromatic heterocycles. The van der Waals surface area contributed by atoms with Crippen LogP contribution in [0, 0.1) is 20.8 Å². The number of hydrogen-bond donors (Lipinski definition) is 1. The topological polar surface area (TPSA) is 50.7 Å². The molecular formula is C16H17N3O. The van der Waals surface area contributed by atoms with Crippen LogP contribution in [0.4, 0.5) is 0 Å². The van der Waals surface area contributed by atoms with Crippen LogP contribution in [0.2, 0.25) is 0 Å². The number of aromatic amines is 1. The molecule has 0 aliphatic carbocycles. The second kappa shape index (κ2) is 4.34. The third-order valence-corrected chi connectivity index (χ3v) is 3.65. The summed E-state index contributed by atoms with van der Waals surface area (Å²) in [5, 5.41) is 0.624. The van der Waals surface area contributed by atoms with E-state index in [1.54, 1.807) is 6.07 Å².